The first-order chi connectivity index (χ1) is 15.2. The second kappa shape index (κ2) is 8.28. The highest BCUT2D eigenvalue weighted by molar-refractivity contribution is 6.07. The number of pyridine rings is 1. The van der Waals surface area contributed by atoms with E-state index < -0.39 is 0 Å². The normalized spacial score (nSPS) is 14.8. The molecule has 5 rings (SSSR count). The van der Waals surface area contributed by atoms with Crippen molar-refractivity contribution >= 4 is 39.4 Å². The van der Waals surface area contributed by atoms with Gasteiger partial charge in [-0.25, -0.2) is 4.98 Å². The van der Waals surface area contributed by atoms with Crippen LogP contribution in [0.15, 0.2) is 65.2 Å². The molecule has 158 valence electrons. The number of aromatic amines is 1. The molecule has 0 spiro atoms. The summed E-state index contributed by atoms with van der Waals surface area (Å²) in [6.45, 7) is 4.08. The number of fused-ring (bicyclic) bond motifs is 3. The second-order valence-corrected chi connectivity index (χ2v) is 7.86. The Balaban J connectivity index is 1.26. The zero-order chi connectivity index (χ0) is 21.2. The van der Waals surface area contributed by atoms with Gasteiger partial charge in [0.2, 0.25) is 0 Å². The van der Waals surface area contributed by atoms with Crippen molar-refractivity contribution in [2.45, 2.75) is 0 Å². The summed E-state index contributed by atoms with van der Waals surface area (Å²) in [5.74, 6) is 1.73. The SMILES string of the molecule is COc1cc2c(cc1NC(=O)C[NH+]1CCN(c3cccc[nH+]3)CC1)oc1ccccc12. The molecule has 0 unspecified atom stereocenters. The van der Waals surface area contributed by atoms with E-state index in [1.165, 1.54) is 4.90 Å². The van der Waals surface area contributed by atoms with Gasteiger partial charge in [-0.2, -0.15) is 0 Å². The molecule has 2 aromatic heterocycles. The predicted octanol–water partition coefficient (Wildman–Crippen LogP) is 1.75. The highest BCUT2D eigenvalue weighted by Gasteiger charge is 2.27. The third-order valence-corrected chi connectivity index (χ3v) is 5.89. The number of hydrogen-bond donors (Lipinski definition) is 2. The number of ether oxygens (including phenoxy) is 1. The Morgan fingerprint density at radius 3 is 2.68 bits per heavy atom. The van der Waals surface area contributed by atoms with Crippen LogP contribution in [-0.4, -0.2) is 45.7 Å². The monoisotopic (exact) mass is 418 g/mol. The number of piperazine rings is 1. The minimum Gasteiger partial charge on any atom is -0.495 e. The Morgan fingerprint density at radius 1 is 1.10 bits per heavy atom. The maximum absolute atomic E-state index is 12.8. The highest BCUT2D eigenvalue weighted by atomic mass is 16.5. The number of hydrogen-bond acceptors (Lipinski definition) is 4. The van der Waals surface area contributed by atoms with Gasteiger partial charge in [-0.1, -0.05) is 24.3 Å². The fourth-order valence-electron chi connectivity index (χ4n) is 4.26. The van der Waals surface area contributed by atoms with Gasteiger partial charge < -0.3 is 19.4 Å². The molecular formula is C24H26N4O3+2. The Hall–Kier alpha value is -3.58. The Kier molecular flexibility index (Phi) is 5.18. The van der Waals surface area contributed by atoms with E-state index in [-0.39, 0.29) is 5.91 Å². The summed E-state index contributed by atoms with van der Waals surface area (Å²) >= 11 is 0. The first-order valence-electron chi connectivity index (χ1n) is 10.6. The van der Waals surface area contributed by atoms with Crippen LogP contribution in [0.2, 0.25) is 0 Å². The molecule has 0 bridgehead atoms. The molecule has 1 amide bonds. The van der Waals surface area contributed by atoms with Gasteiger partial charge in [-0.3, -0.25) is 9.69 Å². The van der Waals surface area contributed by atoms with Gasteiger partial charge in [0.05, 0.1) is 19.0 Å². The standard InChI is InChI=1S/C24H24N4O3/c1-30-22-14-18-17-6-2-3-7-20(17)31-21(18)15-19(22)26-24(29)16-27-10-12-28(13-11-27)23-8-4-5-9-25-23/h2-9,14-15H,10-13,16H2,1H3,(H,26,29)/p+2. The number of carbonyl (C=O) groups excluding carboxylic acids is 1. The van der Waals surface area contributed by atoms with Gasteiger partial charge in [0.25, 0.3) is 11.7 Å². The topological polar surface area (TPSA) is 73.3 Å². The van der Waals surface area contributed by atoms with E-state index in [0.29, 0.717) is 18.0 Å². The Morgan fingerprint density at radius 2 is 1.90 bits per heavy atom. The number of rotatable bonds is 5. The summed E-state index contributed by atoms with van der Waals surface area (Å²) < 4.78 is 11.5. The van der Waals surface area contributed by atoms with E-state index in [2.05, 4.69) is 21.3 Å². The molecule has 2 aromatic carbocycles. The lowest BCUT2D eigenvalue weighted by molar-refractivity contribution is -0.892. The molecule has 7 heteroatoms. The number of benzene rings is 2. The molecule has 0 atom stereocenters. The van der Waals surface area contributed by atoms with Gasteiger partial charge in [0.15, 0.2) is 6.54 Å². The third kappa shape index (κ3) is 3.92. The molecule has 0 aliphatic carbocycles. The fraction of sp³-hybridized carbons (Fsp3) is 0.250. The van der Waals surface area contributed by atoms with Crippen molar-refractivity contribution in [3.05, 3.63) is 60.8 Å². The van der Waals surface area contributed by atoms with Crippen molar-refractivity contribution < 1.29 is 23.8 Å². The molecule has 3 heterocycles. The fourth-order valence-corrected chi connectivity index (χ4v) is 4.26. The molecule has 1 saturated heterocycles. The number of quaternary nitrogens is 1. The lowest BCUT2D eigenvalue weighted by atomic mass is 10.1. The quantitative estimate of drug-likeness (QED) is 0.518. The lowest BCUT2D eigenvalue weighted by Gasteiger charge is -2.27. The van der Waals surface area contributed by atoms with Crippen LogP contribution in [0.25, 0.3) is 21.9 Å². The van der Waals surface area contributed by atoms with Gasteiger partial charge in [-0.05, 0) is 18.2 Å². The van der Waals surface area contributed by atoms with Gasteiger partial charge >= 0.3 is 0 Å². The number of methoxy groups -OCH3 is 1. The van der Waals surface area contributed by atoms with E-state index in [1.54, 1.807) is 7.11 Å². The molecule has 1 aliphatic heterocycles. The number of aromatic nitrogens is 1. The number of para-hydroxylation sites is 1. The van der Waals surface area contributed by atoms with Crippen LogP contribution >= 0.6 is 0 Å². The zero-order valence-electron chi connectivity index (χ0n) is 17.5. The van der Waals surface area contributed by atoms with E-state index in [0.717, 1.165) is 53.9 Å². The smallest absolute Gasteiger partial charge is 0.279 e. The van der Waals surface area contributed by atoms with Crippen LogP contribution in [0.4, 0.5) is 11.5 Å². The van der Waals surface area contributed by atoms with Crippen molar-refractivity contribution in [1.82, 2.24) is 0 Å². The van der Waals surface area contributed by atoms with E-state index >= 15 is 0 Å². The largest absolute Gasteiger partial charge is 0.495 e. The minimum absolute atomic E-state index is 0.0246. The lowest BCUT2D eigenvalue weighted by Crippen LogP contribution is -3.15. The van der Waals surface area contributed by atoms with Gasteiger partial charge in [0, 0.05) is 22.9 Å². The number of furan rings is 1. The Labute approximate surface area is 180 Å². The molecule has 7 nitrogen and oxygen atoms in total. The maximum Gasteiger partial charge on any atom is 0.279 e. The van der Waals surface area contributed by atoms with Crippen molar-refractivity contribution in [2.24, 2.45) is 0 Å². The number of carbonyl (C=O) groups is 1. The van der Waals surface area contributed by atoms with Crippen molar-refractivity contribution in [3.8, 4) is 5.75 Å². The van der Waals surface area contributed by atoms with Crippen LogP contribution in [0.1, 0.15) is 0 Å². The number of anilines is 2. The van der Waals surface area contributed by atoms with Crippen LogP contribution in [0.5, 0.6) is 5.75 Å². The molecule has 1 aliphatic rings. The van der Waals surface area contributed by atoms with Crippen molar-refractivity contribution in [1.29, 1.82) is 0 Å². The molecule has 0 radical (unpaired) electrons. The van der Waals surface area contributed by atoms with Crippen LogP contribution in [-0.2, 0) is 4.79 Å². The average molecular weight is 418 g/mol. The van der Waals surface area contributed by atoms with Crippen molar-refractivity contribution in [2.75, 3.05) is 50.1 Å². The van der Waals surface area contributed by atoms with Crippen LogP contribution in [0.3, 0.4) is 0 Å². The first kappa shape index (κ1) is 19.4. The summed E-state index contributed by atoms with van der Waals surface area (Å²) in [4.78, 5) is 19.6. The number of H-pyrrole nitrogens is 1. The molecule has 4 aromatic rings. The highest BCUT2D eigenvalue weighted by Crippen LogP contribution is 2.36. The van der Waals surface area contributed by atoms with Crippen LogP contribution < -0.4 is 24.8 Å². The van der Waals surface area contributed by atoms with E-state index in [1.807, 2.05) is 54.7 Å². The summed E-state index contributed by atoms with van der Waals surface area (Å²) in [6, 6.07) is 17.8. The third-order valence-electron chi connectivity index (χ3n) is 5.89. The summed E-state index contributed by atoms with van der Waals surface area (Å²) in [7, 11) is 1.62. The summed E-state index contributed by atoms with van der Waals surface area (Å²) in [6.07, 6.45) is 1.94. The molecule has 31 heavy (non-hydrogen) atoms. The molecule has 3 N–H and O–H groups in total. The maximum atomic E-state index is 12.8. The number of nitrogens with one attached hydrogen (secondary N) is 3. The predicted molar refractivity (Wildman–Crippen MR) is 120 cm³/mol. The number of amides is 1. The molecule has 0 saturated carbocycles. The van der Waals surface area contributed by atoms with Crippen LogP contribution in [0, 0.1) is 0 Å². The summed E-state index contributed by atoms with van der Waals surface area (Å²) in [5.41, 5.74) is 2.19. The average Bonchev–Trinajstić information content (AvgIpc) is 3.17. The minimum atomic E-state index is -0.0246. The van der Waals surface area contributed by atoms with E-state index in [9.17, 15) is 4.79 Å². The summed E-state index contributed by atoms with van der Waals surface area (Å²) in [5, 5.41) is 5.03. The molecule has 1 fully saturated rings. The number of nitrogens with zero attached hydrogens (tertiary/aromatic N) is 1. The van der Waals surface area contributed by atoms with Gasteiger partial charge in [0.1, 0.15) is 43.1 Å². The Bertz CT molecular complexity index is 1210. The molecular weight excluding hydrogens is 392 g/mol. The second-order valence-electron chi connectivity index (χ2n) is 7.86. The van der Waals surface area contributed by atoms with E-state index in [4.69, 9.17) is 9.15 Å². The first-order valence-corrected chi connectivity index (χ1v) is 10.6. The van der Waals surface area contributed by atoms with Crippen molar-refractivity contribution in [3.63, 3.8) is 0 Å². The van der Waals surface area contributed by atoms with Gasteiger partial charge in [-0.15, -0.1) is 0 Å². The zero-order valence-corrected chi connectivity index (χ0v) is 17.5.